The van der Waals surface area contributed by atoms with Gasteiger partial charge in [0.25, 0.3) is 0 Å². The molecule has 0 saturated carbocycles. The summed E-state index contributed by atoms with van der Waals surface area (Å²) >= 11 is 4.50. The lowest BCUT2D eigenvalue weighted by atomic mass is 10.1. The molecule has 1 aromatic heterocycles. The maximum atomic E-state index is 11.8. The summed E-state index contributed by atoms with van der Waals surface area (Å²) in [6.07, 6.45) is 1.83. The number of halogens is 1. The third kappa shape index (κ3) is 2.89. The minimum absolute atomic E-state index is 0.0251. The summed E-state index contributed by atoms with van der Waals surface area (Å²) in [5.74, 6) is 0.776. The van der Waals surface area contributed by atoms with Gasteiger partial charge in [0.2, 0.25) is 0 Å². The lowest BCUT2D eigenvalue weighted by Crippen LogP contribution is -2.01. The second kappa shape index (κ2) is 5.37. The van der Waals surface area contributed by atoms with Crippen LogP contribution in [0, 0.1) is 0 Å². The molecule has 0 N–H and O–H groups in total. The summed E-state index contributed by atoms with van der Waals surface area (Å²) in [7, 11) is 1.61. The molecule has 2 aromatic rings. The molecule has 1 aromatic carbocycles. The number of nitrogens with zero attached hydrogens (tertiary/aromatic N) is 2. The van der Waals surface area contributed by atoms with Crippen molar-refractivity contribution in [2.45, 2.75) is 6.42 Å². The molecule has 2 rings (SSSR count). The smallest absolute Gasteiger partial charge is 0.180 e. The number of carbonyl (C=O) groups is 1. The molecule has 0 aliphatic rings. The largest absolute Gasteiger partial charge is 0.496 e. The van der Waals surface area contributed by atoms with Crippen LogP contribution in [0.1, 0.15) is 15.2 Å². The summed E-state index contributed by atoms with van der Waals surface area (Å²) in [5.41, 5.74) is 0.927. The van der Waals surface area contributed by atoms with Crippen molar-refractivity contribution in [1.29, 1.82) is 0 Å². The average molecular weight is 313 g/mol. The van der Waals surface area contributed by atoms with Gasteiger partial charge in [-0.15, -0.1) is 5.10 Å². The van der Waals surface area contributed by atoms with Gasteiger partial charge in [-0.3, -0.25) is 4.79 Å². The van der Waals surface area contributed by atoms with Gasteiger partial charge in [0.1, 0.15) is 10.6 Å². The lowest BCUT2D eigenvalue weighted by molar-refractivity contribution is 0.0996. The first-order valence-electron chi connectivity index (χ1n) is 4.83. The number of Topliss-reactive ketones (excluding diaryl/α,β-unsaturated/α-hetero) is 1. The number of benzene rings is 1. The molecule has 0 aliphatic carbocycles. The van der Waals surface area contributed by atoms with Gasteiger partial charge >= 0.3 is 0 Å². The van der Waals surface area contributed by atoms with Crippen molar-refractivity contribution in [3.63, 3.8) is 0 Å². The number of ether oxygens (including phenoxy) is 1. The maximum Gasteiger partial charge on any atom is 0.180 e. The van der Waals surface area contributed by atoms with Crippen molar-refractivity contribution >= 4 is 33.2 Å². The molecule has 0 fully saturated rings. The number of carbonyl (C=O) groups excluding carboxylic acids is 1. The highest BCUT2D eigenvalue weighted by atomic mass is 79.9. The molecule has 0 unspecified atom stereocenters. The van der Waals surface area contributed by atoms with Gasteiger partial charge in [0, 0.05) is 6.42 Å². The Kier molecular flexibility index (Phi) is 3.86. The van der Waals surface area contributed by atoms with E-state index in [-0.39, 0.29) is 5.78 Å². The molecule has 88 valence electrons. The van der Waals surface area contributed by atoms with Crippen molar-refractivity contribution in [2.75, 3.05) is 7.11 Å². The fourth-order valence-electron chi connectivity index (χ4n) is 1.38. The Bertz CT molecular complexity index is 528. The quantitative estimate of drug-likeness (QED) is 0.815. The second-order valence-corrected chi connectivity index (χ2v) is 4.99. The number of hydrogen-bond acceptors (Lipinski definition) is 5. The van der Waals surface area contributed by atoms with E-state index in [1.165, 1.54) is 6.20 Å². The Balaban J connectivity index is 2.14. The molecular weight excluding hydrogens is 304 g/mol. The second-order valence-electron chi connectivity index (χ2n) is 3.35. The molecule has 6 heteroatoms. The fourth-order valence-corrected chi connectivity index (χ4v) is 2.42. The summed E-state index contributed by atoms with van der Waals surface area (Å²) in [6.45, 7) is 0. The van der Waals surface area contributed by atoms with E-state index in [1.54, 1.807) is 7.11 Å². The van der Waals surface area contributed by atoms with Crippen LogP contribution < -0.4 is 4.74 Å². The summed E-state index contributed by atoms with van der Waals surface area (Å²) < 4.78 is 9.64. The predicted molar refractivity (Wildman–Crippen MR) is 68.6 cm³/mol. The number of aromatic nitrogens is 2. The SMILES string of the molecule is COc1ccc(CC(=O)c2cnns2)cc1Br. The molecular formula is C11H9BrN2O2S. The highest BCUT2D eigenvalue weighted by molar-refractivity contribution is 9.10. The number of hydrogen-bond donors (Lipinski definition) is 0. The van der Waals surface area contributed by atoms with Crippen LogP contribution in [0.25, 0.3) is 0 Å². The van der Waals surface area contributed by atoms with E-state index in [0.29, 0.717) is 11.3 Å². The topological polar surface area (TPSA) is 52.1 Å². The zero-order chi connectivity index (χ0) is 12.3. The predicted octanol–water partition coefficient (Wildman–Crippen LogP) is 2.73. The molecule has 17 heavy (non-hydrogen) atoms. The lowest BCUT2D eigenvalue weighted by Gasteiger charge is -2.05. The minimum Gasteiger partial charge on any atom is -0.496 e. The van der Waals surface area contributed by atoms with Crippen LogP contribution in [-0.4, -0.2) is 22.5 Å². The summed E-state index contributed by atoms with van der Waals surface area (Å²) in [4.78, 5) is 12.4. The molecule has 0 saturated heterocycles. The molecule has 0 bridgehead atoms. The van der Waals surface area contributed by atoms with E-state index in [1.807, 2.05) is 18.2 Å². The van der Waals surface area contributed by atoms with Crippen molar-refractivity contribution in [1.82, 2.24) is 9.59 Å². The van der Waals surface area contributed by atoms with Crippen LogP contribution in [-0.2, 0) is 6.42 Å². The highest BCUT2D eigenvalue weighted by Crippen LogP contribution is 2.26. The highest BCUT2D eigenvalue weighted by Gasteiger charge is 2.10. The van der Waals surface area contributed by atoms with Crippen molar-refractivity contribution in [2.24, 2.45) is 0 Å². The van der Waals surface area contributed by atoms with Gasteiger partial charge < -0.3 is 4.74 Å². The minimum atomic E-state index is 0.0251. The normalized spacial score (nSPS) is 10.2. The van der Waals surface area contributed by atoms with E-state index >= 15 is 0 Å². The average Bonchev–Trinajstić information content (AvgIpc) is 2.82. The Hall–Kier alpha value is -1.27. The van der Waals surface area contributed by atoms with Gasteiger partial charge in [0.05, 0.1) is 17.8 Å². The third-order valence-electron chi connectivity index (χ3n) is 2.22. The maximum absolute atomic E-state index is 11.8. The monoisotopic (exact) mass is 312 g/mol. The molecule has 0 amide bonds. The molecule has 4 nitrogen and oxygen atoms in total. The van der Waals surface area contributed by atoms with E-state index in [0.717, 1.165) is 27.3 Å². The molecule has 0 atom stereocenters. The van der Waals surface area contributed by atoms with Crippen LogP contribution in [0.4, 0.5) is 0 Å². The Morgan fingerprint density at radius 2 is 2.35 bits per heavy atom. The standard InChI is InChI=1S/C11H9BrN2O2S/c1-16-10-3-2-7(4-8(10)12)5-9(15)11-6-13-14-17-11/h2-4,6H,5H2,1H3. The first kappa shape index (κ1) is 12.2. The summed E-state index contributed by atoms with van der Waals surface area (Å²) in [6, 6.07) is 5.58. The Morgan fingerprint density at radius 3 is 2.94 bits per heavy atom. The van der Waals surface area contributed by atoms with Crippen LogP contribution in [0.2, 0.25) is 0 Å². The number of methoxy groups -OCH3 is 1. The Labute approximate surface area is 111 Å². The van der Waals surface area contributed by atoms with Crippen LogP contribution >= 0.6 is 27.5 Å². The molecule has 1 heterocycles. The first-order valence-corrected chi connectivity index (χ1v) is 6.40. The summed E-state index contributed by atoms with van der Waals surface area (Å²) in [5, 5.41) is 3.65. The van der Waals surface area contributed by atoms with Crippen LogP contribution in [0.15, 0.2) is 28.9 Å². The molecule has 0 aliphatic heterocycles. The third-order valence-corrected chi connectivity index (χ3v) is 3.54. The van der Waals surface area contributed by atoms with E-state index in [9.17, 15) is 4.79 Å². The molecule has 0 radical (unpaired) electrons. The van der Waals surface area contributed by atoms with E-state index in [4.69, 9.17) is 4.74 Å². The van der Waals surface area contributed by atoms with Gasteiger partial charge in [-0.05, 0) is 45.2 Å². The van der Waals surface area contributed by atoms with E-state index in [2.05, 4.69) is 25.5 Å². The van der Waals surface area contributed by atoms with Gasteiger partial charge in [-0.25, -0.2) is 0 Å². The van der Waals surface area contributed by atoms with Crippen LogP contribution in [0.3, 0.4) is 0 Å². The zero-order valence-corrected chi connectivity index (χ0v) is 11.4. The first-order chi connectivity index (χ1) is 8.20. The van der Waals surface area contributed by atoms with Gasteiger partial charge in [-0.2, -0.15) is 0 Å². The fraction of sp³-hybridized carbons (Fsp3) is 0.182. The molecule has 0 spiro atoms. The van der Waals surface area contributed by atoms with Crippen molar-refractivity contribution in [3.05, 3.63) is 39.3 Å². The number of rotatable bonds is 4. The Morgan fingerprint density at radius 1 is 1.53 bits per heavy atom. The van der Waals surface area contributed by atoms with Gasteiger partial charge in [-0.1, -0.05) is 10.6 Å². The van der Waals surface area contributed by atoms with Crippen LogP contribution in [0.5, 0.6) is 5.75 Å². The van der Waals surface area contributed by atoms with Crippen molar-refractivity contribution < 1.29 is 9.53 Å². The number of ketones is 1. The van der Waals surface area contributed by atoms with Gasteiger partial charge in [0.15, 0.2) is 5.78 Å². The van der Waals surface area contributed by atoms with Crippen molar-refractivity contribution in [3.8, 4) is 5.75 Å². The zero-order valence-electron chi connectivity index (χ0n) is 9.01. The van der Waals surface area contributed by atoms with E-state index < -0.39 is 0 Å².